The minimum absolute atomic E-state index is 0.144. The van der Waals surface area contributed by atoms with E-state index in [4.69, 9.17) is 5.73 Å². The van der Waals surface area contributed by atoms with E-state index in [1.54, 1.807) is 4.90 Å². The molecule has 0 aromatic carbocycles. The van der Waals surface area contributed by atoms with E-state index in [2.05, 4.69) is 0 Å². The Hall–Kier alpha value is -0.770. The van der Waals surface area contributed by atoms with Crippen LogP contribution in [-0.4, -0.2) is 49.1 Å². The fourth-order valence-corrected chi connectivity index (χ4v) is 2.52. The van der Waals surface area contributed by atoms with Gasteiger partial charge in [-0.3, -0.25) is 0 Å². The van der Waals surface area contributed by atoms with Gasteiger partial charge in [-0.15, -0.1) is 0 Å². The number of amides is 2. The van der Waals surface area contributed by atoms with Crippen LogP contribution in [0.3, 0.4) is 0 Å². The third-order valence-electron chi connectivity index (χ3n) is 3.50. The lowest BCUT2D eigenvalue weighted by molar-refractivity contribution is 0.142. The van der Waals surface area contributed by atoms with Gasteiger partial charge in [-0.25, -0.2) is 4.79 Å². The van der Waals surface area contributed by atoms with Crippen molar-refractivity contribution >= 4 is 6.03 Å². The Balaban J connectivity index is 2.62. The van der Waals surface area contributed by atoms with Crippen LogP contribution in [0.15, 0.2) is 0 Å². The zero-order valence-electron chi connectivity index (χ0n) is 11.3. The Morgan fingerprint density at radius 2 is 1.76 bits per heavy atom. The Kier molecular flexibility index (Phi) is 6.34. The molecule has 0 atom stereocenters. The predicted molar refractivity (Wildman–Crippen MR) is 71.0 cm³/mol. The summed E-state index contributed by atoms with van der Waals surface area (Å²) in [5.41, 5.74) is 5.56. The monoisotopic (exact) mass is 241 g/mol. The maximum atomic E-state index is 12.2. The number of nitrogens with zero attached hydrogens (tertiary/aromatic N) is 2. The van der Waals surface area contributed by atoms with Gasteiger partial charge in [-0.1, -0.05) is 25.7 Å². The number of carbonyl (C=O) groups excluding carboxylic acids is 1. The van der Waals surface area contributed by atoms with Crippen molar-refractivity contribution in [3.05, 3.63) is 0 Å². The van der Waals surface area contributed by atoms with Gasteiger partial charge >= 0.3 is 6.03 Å². The molecule has 1 aliphatic carbocycles. The van der Waals surface area contributed by atoms with Crippen molar-refractivity contribution < 1.29 is 4.79 Å². The van der Waals surface area contributed by atoms with Crippen LogP contribution in [0.2, 0.25) is 0 Å². The van der Waals surface area contributed by atoms with E-state index in [0.29, 0.717) is 12.6 Å². The quantitative estimate of drug-likeness (QED) is 0.766. The number of hydrogen-bond donors (Lipinski definition) is 1. The van der Waals surface area contributed by atoms with E-state index in [1.807, 2.05) is 19.0 Å². The van der Waals surface area contributed by atoms with Gasteiger partial charge in [0.2, 0.25) is 0 Å². The molecule has 0 aliphatic heterocycles. The molecule has 0 aromatic heterocycles. The Morgan fingerprint density at radius 3 is 2.24 bits per heavy atom. The molecule has 0 aromatic rings. The molecule has 1 saturated carbocycles. The molecule has 0 radical (unpaired) electrons. The van der Waals surface area contributed by atoms with Gasteiger partial charge in [0.1, 0.15) is 0 Å². The highest BCUT2D eigenvalue weighted by molar-refractivity contribution is 5.74. The van der Waals surface area contributed by atoms with Crippen LogP contribution in [0.4, 0.5) is 4.79 Å². The summed E-state index contributed by atoms with van der Waals surface area (Å²) in [6.45, 7) is 1.46. The minimum atomic E-state index is 0.144. The first-order chi connectivity index (χ1) is 8.16. The molecule has 1 rings (SSSR count). The molecule has 0 saturated heterocycles. The van der Waals surface area contributed by atoms with Crippen molar-refractivity contribution in [1.82, 2.24) is 9.80 Å². The molecule has 4 heteroatoms. The van der Waals surface area contributed by atoms with Crippen LogP contribution >= 0.6 is 0 Å². The summed E-state index contributed by atoms with van der Waals surface area (Å²) in [4.78, 5) is 15.9. The molecule has 2 amide bonds. The fraction of sp³-hybridized carbons (Fsp3) is 0.923. The summed E-state index contributed by atoms with van der Waals surface area (Å²) in [6.07, 6.45) is 8.36. The van der Waals surface area contributed by atoms with E-state index in [9.17, 15) is 4.79 Å². The zero-order valence-corrected chi connectivity index (χ0v) is 11.3. The minimum Gasteiger partial charge on any atom is -0.331 e. The molecule has 0 spiro atoms. The molecule has 1 aliphatic rings. The van der Waals surface area contributed by atoms with E-state index in [1.165, 1.54) is 25.7 Å². The lowest BCUT2D eigenvalue weighted by Crippen LogP contribution is -2.46. The van der Waals surface area contributed by atoms with Crippen molar-refractivity contribution in [2.45, 2.75) is 51.0 Å². The SMILES string of the molecule is CN(C)C(=O)N(CCCN)C1CCCCCC1. The fourth-order valence-electron chi connectivity index (χ4n) is 2.52. The molecule has 0 unspecified atom stereocenters. The average molecular weight is 241 g/mol. The molecule has 1 fully saturated rings. The van der Waals surface area contributed by atoms with Gasteiger partial charge < -0.3 is 15.5 Å². The van der Waals surface area contributed by atoms with Gasteiger partial charge in [-0.2, -0.15) is 0 Å². The molecular weight excluding hydrogens is 214 g/mol. The van der Waals surface area contributed by atoms with Crippen LogP contribution in [-0.2, 0) is 0 Å². The Labute approximate surface area is 105 Å². The zero-order chi connectivity index (χ0) is 12.7. The number of nitrogens with two attached hydrogens (primary N) is 1. The average Bonchev–Trinajstić information content (AvgIpc) is 2.58. The predicted octanol–water partition coefficient (Wildman–Crippen LogP) is 2.04. The summed E-state index contributed by atoms with van der Waals surface area (Å²) in [7, 11) is 3.66. The maximum Gasteiger partial charge on any atom is 0.319 e. The van der Waals surface area contributed by atoms with Crippen molar-refractivity contribution in [3.63, 3.8) is 0 Å². The van der Waals surface area contributed by atoms with E-state index in [-0.39, 0.29) is 6.03 Å². The highest BCUT2D eigenvalue weighted by Gasteiger charge is 2.24. The topological polar surface area (TPSA) is 49.6 Å². The summed E-state index contributed by atoms with van der Waals surface area (Å²) in [5, 5.41) is 0. The lowest BCUT2D eigenvalue weighted by atomic mass is 10.1. The number of carbonyl (C=O) groups is 1. The molecular formula is C13H27N3O. The molecule has 17 heavy (non-hydrogen) atoms. The van der Waals surface area contributed by atoms with Crippen LogP contribution in [0.1, 0.15) is 44.9 Å². The molecule has 0 heterocycles. The standard InChI is InChI=1S/C13H27N3O/c1-15(2)13(17)16(11-7-10-14)12-8-5-3-4-6-9-12/h12H,3-11,14H2,1-2H3. The second kappa shape index (κ2) is 7.54. The first-order valence-electron chi connectivity index (χ1n) is 6.84. The highest BCUT2D eigenvalue weighted by atomic mass is 16.2. The van der Waals surface area contributed by atoms with Crippen LogP contribution in [0.25, 0.3) is 0 Å². The van der Waals surface area contributed by atoms with Gasteiger partial charge in [0.05, 0.1) is 0 Å². The van der Waals surface area contributed by atoms with Crippen molar-refractivity contribution in [3.8, 4) is 0 Å². The maximum absolute atomic E-state index is 12.2. The number of rotatable bonds is 4. The van der Waals surface area contributed by atoms with Gasteiger partial charge in [0.15, 0.2) is 0 Å². The van der Waals surface area contributed by atoms with Crippen LogP contribution in [0.5, 0.6) is 0 Å². The second-order valence-electron chi connectivity index (χ2n) is 5.16. The third-order valence-corrected chi connectivity index (χ3v) is 3.50. The lowest BCUT2D eigenvalue weighted by Gasteiger charge is -2.33. The largest absolute Gasteiger partial charge is 0.331 e. The van der Waals surface area contributed by atoms with E-state index < -0.39 is 0 Å². The third kappa shape index (κ3) is 4.54. The van der Waals surface area contributed by atoms with E-state index >= 15 is 0 Å². The van der Waals surface area contributed by atoms with Gasteiger partial charge in [0, 0.05) is 26.7 Å². The van der Waals surface area contributed by atoms with Gasteiger partial charge in [0.25, 0.3) is 0 Å². The number of hydrogen-bond acceptors (Lipinski definition) is 2. The van der Waals surface area contributed by atoms with Crippen molar-refractivity contribution in [2.24, 2.45) is 5.73 Å². The first-order valence-corrected chi connectivity index (χ1v) is 6.84. The van der Waals surface area contributed by atoms with E-state index in [0.717, 1.165) is 25.8 Å². The summed E-state index contributed by atoms with van der Waals surface area (Å²) >= 11 is 0. The van der Waals surface area contributed by atoms with Crippen molar-refractivity contribution in [2.75, 3.05) is 27.2 Å². The molecule has 0 bridgehead atoms. The molecule has 100 valence electrons. The Bertz CT molecular complexity index is 223. The highest BCUT2D eigenvalue weighted by Crippen LogP contribution is 2.22. The van der Waals surface area contributed by atoms with Crippen LogP contribution in [0, 0.1) is 0 Å². The number of urea groups is 1. The van der Waals surface area contributed by atoms with Gasteiger partial charge in [-0.05, 0) is 25.8 Å². The van der Waals surface area contributed by atoms with Crippen molar-refractivity contribution in [1.29, 1.82) is 0 Å². The summed E-state index contributed by atoms with van der Waals surface area (Å²) in [6, 6.07) is 0.573. The Morgan fingerprint density at radius 1 is 1.18 bits per heavy atom. The molecule has 4 nitrogen and oxygen atoms in total. The molecule has 2 N–H and O–H groups in total. The summed E-state index contributed by atoms with van der Waals surface area (Å²) in [5.74, 6) is 0. The van der Waals surface area contributed by atoms with Crippen LogP contribution < -0.4 is 5.73 Å². The summed E-state index contributed by atoms with van der Waals surface area (Å²) < 4.78 is 0. The first kappa shape index (κ1) is 14.3. The smallest absolute Gasteiger partial charge is 0.319 e. The second-order valence-corrected chi connectivity index (χ2v) is 5.16. The normalized spacial score (nSPS) is 17.6.